The molecule has 0 aliphatic carbocycles. The van der Waals surface area contributed by atoms with Crippen molar-refractivity contribution in [3.05, 3.63) is 57.8 Å². The molecule has 0 spiro atoms. The van der Waals surface area contributed by atoms with Gasteiger partial charge in [-0.25, -0.2) is 0 Å². The molecule has 1 saturated heterocycles. The van der Waals surface area contributed by atoms with Gasteiger partial charge in [0.2, 0.25) is 0 Å². The van der Waals surface area contributed by atoms with Gasteiger partial charge in [-0.05, 0) is 44.4 Å². The lowest BCUT2D eigenvalue weighted by molar-refractivity contribution is 0.0355. The molecule has 0 radical (unpaired) electrons. The highest BCUT2D eigenvalue weighted by Gasteiger charge is 2.34. The van der Waals surface area contributed by atoms with Gasteiger partial charge in [0, 0.05) is 48.1 Å². The highest BCUT2D eigenvalue weighted by molar-refractivity contribution is 14.0. The van der Waals surface area contributed by atoms with Crippen LogP contribution in [0.1, 0.15) is 41.1 Å². The summed E-state index contributed by atoms with van der Waals surface area (Å²) in [6.07, 6.45) is 1.97. The predicted molar refractivity (Wildman–Crippen MR) is 133 cm³/mol. The van der Waals surface area contributed by atoms with E-state index in [0.717, 1.165) is 45.1 Å². The number of thiophene rings is 1. The van der Waals surface area contributed by atoms with Crippen LogP contribution in [0.5, 0.6) is 0 Å². The van der Waals surface area contributed by atoms with Crippen LogP contribution in [0.2, 0.25) is 0 Å². The quantitative estimate of drug-likeness (QED) is 0.286. The summed E-state index contributed by atoms with van der Waals surface area (Å²) in [7, 11) is 1.83. The normalized spacial score (nSPS) is 17.3. The number of halogens is 1. The Kier molecular flexibility index (Phi) is 9.88. The molecular weight excluding hydrogens is 495 g/mol. The van der Waals surface area contributed by atoms with Gasteiger partial charge in [-0.1, -0.05) is 30.3 Å². The Labute approximate surface area is 195 Å². The lowest BCUT2D eigenvalue weighted by Gasteiger charge is -2.41. The van der Waals surface area contributed by atoms with Crippen LogP contribution in [0.25, 0.3) is 0 Å². The van der Waals surface area contributed by atoms with Gasteiger partial charge in [0.1, 0.15) is 0 Å². The van der Waals surface area contributed by atoms with Crippen molar-refractivity contribution in [3.8, 4) is 0 Å². The molecule has 3 rings (SSSR count). The zero-order valence-corrected chi connectivity index (χ0v) is 20.7. The Balaban J connectivity index is 0.00000300. The number of nitrogens with zero attached hydrogens (tertiary/aromatic N) is 1. The molecule has 0 bridgehead atoms. The average Bonchev–Trinajstić information content (AvgIpc) is 3.14. The first kappa shape index (κ1) is 24.1. The number of aliphatic imine (C=N–C) groups is 1. The Hall–Kier alpha value is -1.16. The van der Waals surface area contributed by atoms with Gasteiger partial charge < -0.3 is 20.7 Å². The lowest BCUT2D eigenvalue weighted by atomic mass is 9.88. The van der Waals surface area contributed by atoms with E-state index in [1.165, 1.54) is 15.3 Å². The van der Waals surface area contributed by atoms with Crippen molar-refractivity contribution < 1.29 is 4.74 Å². The number of aryl methyl sites for hydroxylation is 1. The summed E-state index contributed by atoms with van der Waals surface area (Å²) in [5.41, 5.74) is 1.30. The van der Waals surface area contributed by atoms with Crippen LogP contribution in [0.4, 0.5) is 0 Å². The van der Waals surface area contributed by atoms with Crippen LogP contribution in [0.15, 0.2) is 47.5 Å². The molecule has 1 fully saturated rings. The van der Waals surface area contributed by atoms with Crippen molar-refractivity contribution in [2.75, 3.05) is 26.8 Å². The molecule has 2 heterocycles. The smallest absolute Gasteiger partial charge is 0.191 e. The van der Waals surface area contributed by atoms with Gasteiger partial charge in [-0.3, -0.25) is 4.99 Å². The molecule has 160 valence electrons. The summed E-state index contributed by atoms with van der Waals surface area (Å²) in [5, 5.41) is 10.9. The summed E-state index contributed by atoms with van der Waals surface area (Å²) in [6, 6.07) is 15.2. The minimum Gasteiger partial charge on any atom is -0.381 e. The van der Waals surface area contributed by atoms with Crippen molar-refractivity contribution >= 4 is 41.3 Å². The van der Waals surface area contributed by atoms with Crippen LogP contribution < -0.4 is 16.0 Å². The van der Waals surface area contributed by atoms with E-state index in [1.807, 2.05) is 18.4 Å². The van der Waals surface area contributed by atoms with Crippen LogP contribution in [0.3, 0.4) is 0 Å². The third-order valence-corrected chi connectivity index (χ3v) is 6.32. The molecule has 1 unspecified atom stereocenters. The van der Waals surface area contributed by atoms with E-state index in [1.54, 1.807) is 0 Å². The van der Waals surface area contributed by atoms with E-state index in [9.17, 15) is 0 Å². The van der Waals surface area contributed by atoms with Crippen LogP contribution in [0, 0.1) is 6.92 Å². The second-order valence-corrected chi connectivity index (χ2v) is 8.83. The highest BCUT2D eigenvalue weighted by Crippen LogP contribution is 2.25. The molecule has 1 aliphatic heterocycles. The van der Waals surface area contributed by atoms with Gasteiger partial charge in [-0.2, -0.15) is 0 Å². The van der Waals surface area contributed by atoms with Crippen molar-refractivity contribution in [2.45, 2.75) is 44.8 Å². The Morgan fingerprint density at radius 3 is 2.48 bits per heavy atom. The third-order valence-electron chi connectivity index (χ3n) is 5.32. The monoisotopic (exact) mass is 528 g/mol. The number of rotatable bonds is 7. The summed E-state index contributed by atoms with van der Waals surface area (Å²) in [4.78, 5) is 7.05. The van der Waals surface area contributed by atoms with Crippen LogP contribution in [-0.2, 0) is 11.3 Å². The Morgan fingerprint density at radius 2 is 1.86 bits per heavy atom. The van der Waals surface area contributed by atoms with Crippen molar-refractivity contribution in [3.63, 3.8) is 0 Å². The second kappa shape index (κ2) is 11.9. The number of nitrogens with one attached hydrogen (secondary N) is 3. The van der Waals surface area contributed by atoms with Crippen molar-refractivity contribution in [1.29, 1.82) is 0 Å². The molecule has 29 heavy (non-hydrogen) atoms. The fourth-order valence-corrected chi connectivity index (χ4v) is 4.47. The topological polar surface area (TPSA) is 57.7 Å². The number of benzene rings is 1. The molecule has 5 nitrogen and oxygen atoms in total. The largest absolute Gasteiger partial charge is 0.381 e. The average molecular weight is 529 g/mol. The molecular formula is C22H33IN4OS. The molecule has 2 aromatic rings. The summed E-state index contributed by atoms with van der Waals surface area (Å²) in [5.74, 6) is 0.839. The van der Waals surface area contributed by atoms with E-state index in [0.29, 0.717) is 0 Å². The predicted octanol–water partition coefficient (Wildman–Crippen LogP) is 4.24. The van der Waals surface area contributed by atoms with Crippen LogP contribution in [-0.4, -0.2) is 38.3 Å². The molecule has 0 saturated carbocycles. The SMILES string of the molecule is CN=C(NCc1ccc(C)s1)NCC1(NC(C)c2ccccc2)CCOCC1.I. The fraction of sp³-hybridized carbons (Fsp3) is 0.500. The summed E-state index contributed by atoms with van der Waals surface area (Å²) >= 11 is 1.82. The number of hydrogen-bond acceptors (Lipinski definition) is 4. The molecule has 3 N–H and O–H groups in total. The van der Waals surface area contributed by atoms with Gasteiger partial charge in [-0.15, -0.1) is 35.3 Å². The number of ether oxygens (including phenoxy) is 1. The molecule has 1 atom stereocenters. The van der Waals surface area contributed by atoms with E-state index in [-0.39, 0.29) is 35.6 Å². The molecule has 0 amide bonds. The van der Waals surface area contributed by atoms with Gasteiger partial charge in [0.15, 0.2) is 5.96 Å². The van der Waals surface area contributed by atoms with Crippen molar-refractivity contribution in [1.82, 2.24) is 16.0 Å². The Bertz CT molecular complexity index is 759. The number of hydrogen-bond donors (Lipinski definition) is 3. The van der Waals surface area contributed by atoms with Gasteiger partial charge in [0.25, 0.3) is 0 Å². The number of guanidine groups is 1. The zero-order chi connectivity index (χ0) is 19.8. The van der Waals surface area contributed by atoms with Crippen LogP contribution >= 0.6 is 35.3 Å². The maximum Gasteiger partial charge on any atom is 0.191 e. The standard InChI is InChI=1S/C22H32N4OS.HI/c1-17-9-10-20(28-17)15-24-21(23-3)25-16-22(11-13-27-14-12-22)26-18(2)19-7-5-4-6-8-19;/h4-10,18,26H,11-16H2,1-3H3,(H2,23,24,25);1H. The van der Waals surface area contributed by atoms with Gasteiger partial charge in [0.05, 0.1) is 6.54 Å². The van der Waals surface area contributed by atoms with E-state index < -0.39 is 0 Å². The van der Waals surface area contributed by atoms with E-state index >= 15 is 0 Å². The minimum atomic E-state index is -0.00928. The molecule has 7 heteroatoms. The zero-order valence-electron chi connectivity index (χ0n) is 17.5. The molecule has 1 aromatic heterocycles. The molecule has 1 aromatic carbocycles. The van der Waals surface area contributed by atoms with Gasteiger partial charge >= 0.3 is 0 Å². The van der Waals surface area contributed by atoms with E-state index in [4.69, 9.17) is 4.74 Å². The first-order valence-electron chi connectivity index (χ1n) is 10.0. The van der Waals surface area contributed by atoms with Crippen molar-refractivity contribution in [2.24, 2.45) is 4.99 Å². The first-order chi connectivity index (χ1) is 13.6. The summed E-state index contributed by atoms with van der Waals surface area (Å²) < 4.78 is 5.64. The minimum absolute atomic E-state index is 0. The van der Waals surface area contributed by atoms with E-state index in [2.05, 4.69) is 77.3 Å². The maximum absolute atomic E-state index is 5.64. The Morgan fingerprint density at radius 1 is 1.14 bits per heavy atom. The highest BCUT2D eigenvalue weighted by atomic mass is 127. The molecule has 1 aliphatic rings. The summed E-state index contributed by atoms with van der Waals surface area (Å²) in [6.45, 7) is 7.56. The lowest BCUT2D eigenvalue weighted by Crippen LogP contribution is -2.58. The fourth-order valence-electron chi connectivity index (χ4n) is 3.64. The second-order valence-electron chi connectivity index (χ2n) is 7.46. The first-order valence-corrected chi connectivity index (χ1v) is 10.8. The third kappa shape index (κ3) is 7.24. The maximum atomic E-state index is 5.64.